The molecule has 1 aliphatic rings. The zero-order valence-corrected chi connectivity index (χ0v) is 15.2. The first-order valence-electron chi connectivity index (χ1n) is 8.91. The molecule has 3 rings (SSSR count). The monoisotopic (exact) mass is 371 g/mol. The van der Waals surface area contributed by atoms with Gasteiger partial charge in [0.25, 0.3) is 0 Å². The van der Waals surface area contributed by atoms with Gasteiger partial charge in [-0.25, -0.2) is 14.0 Å². The Hall–Kier alpha value is -3.09. The summed E-state index contributed by atoms with van der Waals surface area (Å²) in [6.45, 7) is 4.27. The van der Waals surface area contributed by atoms with E-state index < -0.39 is 5.82 Å². The third-order valence-electron chi connectivity index (χ3n) is 4.38. The van der Waals surface area contributed by atoms with Gasteiger partial charge < -0.3 is 19.9 Å². The highest BCUT2D eigenvalue weighted by Gasteiger charge is 2.24. The van der Waals surface area contributed by atoms with E-state index in [4.69, 9.17) is 4.74 Å². The number of carbonyl (C=O) groups is 2. The average molecular weight is 371 g/mol. The van der Waals surface area contributed by atoms with Crippen molar-refractivity contribution < 1.29 is 18.7 Å². The molecular weight excluding hydrogens is 349 g/mol. The zero-order valence-electron chi connectivity index (χ0n) is 15.2. The lowest BCUT2D eigenvalue weighted by Gasteiger charge is -2.36. The standard InChI is InChI=1S/C20H22FN3O3/c1-2-27-19(25)17-8-3-4-9-18(17)23-10-12-24(13-11-23)20(26)22-16-7-5-6-15(21)14-16/h3-9,14H,2,10-13H2,1H3,(H,22,26). The van der Waals surface area contributed by atoms with Crippen molar-refractivity contribution in [2.24, 2.45) is 0 Å². The number of hydrogen-bond donors (Lipinski definition) is 1. The van der Waals surface area contributed by atoms with Crippen molar-refractivity contribution in [2.75, 3.05) is 43.0 Å². The average Bonchev–Trinajstić information content (AvgIpc) is 2.68. The van der Waals surface area contributed by atoms with E-state index in [1.807, 2.05) is 12.1 Å². The van der Waals surface area contributed by atoms with Crippen LogP contribution in [-0.2, 0) is 4.74 Å². The number of nitrogens with one attached hydrogen (secondary N) is 1. The Morgan fingerprint density at radius 3 is 2.52 bits per heavy atom. The molecule has 0 radical (unpaired) electrons. The summed E-state index contributed by atoms with van der Waals surface area (Å²) in [6, 6.07) is 12.9. The Labute approximate surface area is 157 Å². The molecule has 0 unspecified atom stereocenters. The summed E-state index contributed by atoms with van der Waals surface area (Å²) >= 11 is 0. The molecule has 0 aliphatic carbocycles. The van der Waals surface area contributed by atoms with Crippen LogP contribution in [0.5, 0.6) is 0 Å². The molecule has 0 atom stereocenters. The maximum absolute atomic E-state index is 13.2. The number of halogens is 1. The Morgan fingerprint density at radius 2 is 1.81 bits per heavy atom. The van der Waals surface area contributed by atoms with Crippen LogP contribution in [0.25, 0.3) is 0 Å². The predicted molar refractivity (Wildman–Crippen MR) is 102 cm³/mol. The van der Waals surface area contributed by atoms with Gasteiger partial charge in [-0.15, -0.1) is 0 Å². The van der Waals surface area contributed by atoms with Crippen LogP contribution < -0.4 is 10.2 Å². The second kappa shape index (κ2) is 8.53. The SMILES string of the molecule is CCOC(=O)c1ccccc1N1CCN(C(=O)Nc2cccc(F)c2)CC1. The van der Waals surface area contributed by atoms with E-state index in [1.165, 1.54) is 12.1 Å². The normalized spacial score (nSPS) is 14.0. The summed E-state index contributed by atoms with van der Waals surface area (Å²) in [5, 5.41) is 2.71. The molecule has 0 aromatic heterocycles. The van der Waals surface area contributed by atoms with Crippen LogP contribution >= 0.6 is 0 Å². The molecule has 7 heteroatoms. The lowest BCUT2D eigenvalue weighted by molar-refractivity contribution is 0.0527. The van der Waals surface area contributed by atoms with Crippen molar-refractivity contribution >= 4 is 23.4 Å². The van der Waals surface area contributed by atoms with E-state index >= 15 is 0 Å². The molecular formula is C20H22FN3O3. The Morgan fingerprint density at radius 1 is 1.07 bits per heavy atom. The number of hydrogen-bond acceptors (Lipinski definition) is 4. The minimum Gasteiger partial charge on any atom is -0.462 e. The minimum absolute atomic E-state index is 0.265. The minimum atomic E-state index is -0.395. The number of ether oxygens (including phenoxy) is 1. The van der Waals surface area contributed by atoms with Crippen molar-refractivity contribution in [3.8, 4) is 0 Å². The molecule has 0 bridgehead atoms. The maximum atomic E-state index is 13.2. The maximum Gasteiger partial charge on any atom is 0.340 e. The number of benzene rings is 2. The van der Waals surface area contributed by atoms with Crippen molar-refractivity contribution in [2.45, 2.75) is 6.92 Å². The summed E-state index contributed by atoms with van der Waals surface area (Å²) in [7, 11) is 0. The van der Waals surface area contributed by atoms with Crippen LogP contribution in [-0.4, -0.2) is 49.7 Å². The van der Waals surface area contributed by atoms with Gasteiger partial charge in [-0.2, -0.15) is 0 Å². The predicted octanol–water partition coefficient (Wildman–Crippen LogP) is 3.36. The number of para-hydroxylation sites is 1. The molecule has 2 aromatic carbocycles. The molecule has 2 amide bonds. The fraction of sp³-hybridized carbons (Fsp3) is 0.300. The number of rotatable bonds is 4. The molecule has 1 saturated heterocycles. The molecule has 2 aromatic rings. The highest BCUT2D eigenvalue weighted by molar-refractivity contribution is 5.96. The van der Waals surface area contributed by atoms with E-state index in [0.717, 1.165) is 5.69 Å². The van der Waals surface area contributed by atoms with Gasteiger partial charge in [0.05, 0.1) is 17.9 Å². The summed E-state index contributed by atoms with van der Waals surface area (Å²) in [4.78, 5) is 28.3. The van der Waals surface area contributed by atoms with Gasteiger partial charge in [0.2, 0.25) is 0 Å². The molecule has 6 nitrogen and oxygen atoms in total. The number of piperazine rings is 1. The largest absolute Gasteiger partial charge is 0.462 e. The number of esters is 1. The molecule has 1 aliphatic heterocycles. The Balaban J connectivity index is 1.62. The number of nitrogens with zero attached hydrogens (tertiary/aromatic N) is 2. The van der Waals surface area contributed by atoms with Crippen molar-refractivity contribution in [1.29, 1.82) is 0 Å². The first-order chi connectivity index (χ1) is 13.1. The Kier molecular flexibility index (Phi) is 5.90. The van der Waals surface area contributed by atoms with Crippen LogP contribution in [0.15, 0.2) is 48.5 Å². The molecule has 1 heterocycles. The third-order valence-corrected chi connectivity index (χ3v) is 4.38. The molecule has 0 saturated carbocycles. The highest BCUT2D eigenvalue weighted by atomic mass is 19.1. The van der Waals surface area contributed by atoms with Gasteiger partial charge in [0, 0.05) is 31.9 Å². The van der Waals surface area contributed by atoms with E-state index in [-0.39, 0.29) is 12.0 Å². The van der Waals surface area contributed by atoms with E-state index in [1.54, 1.807) is 36.1 Å². The lowest BCUT2D eigenvalue weighted by atomic mass is 10.1. The number of amides is 2. The van der Waals surface area contributed by atoms with Crippen molar-refractivity contribution in [3.63, 3.8) is 0 Å². The fourth-order valence-corrected chi connectivity index (χ4v) is 3.05. The van der Waals surface area contributed by atoms with E-state index in [9.17, 15) is 14.0 Å². The van der Waals surface area contributed by atoms with Gasteiger partial charge in [-0.3, -0.25) is 0 Å². The molecule has 27 heavy (non-hydrogen) atoms. The molecule has 142 valence electrons. The first kappa shape index (κ1) is 18.7. The van der Waals surface area contributed by atoms with Crippen molar-refractivity contribution in [3.05, 3.63) is 59.9 Å². The number of urea groups is 1. The van der Waals surface area contributed by atoms with Crippen LogP contribution in [0, 0.1) is 5.82 Å². The second-order valence-electron chi connectivity index (χ2n) is 6.15. The number of carbonyl (C=O) groups excluding carboxylic acids is 2. The topological polar surface area (TPSA) is 61.9 Å². The summed E-state index contributed by atoms with van der Waals surface area (Å²) in [5.41, 5.74) is 1.76. The first-order valence-corrected chi connectivity index (χ1v) is 8.91. The van der Waals surface area contributed by atoms with Gasteiger partial charge in [-0.05, 0) is 37.3 Å². The van der Waals surface area contributed by atoms with Gasteiger partial charge in [0.15, 0.2) is 0 Å². The van der Waals surface area contributed by atoms with E-state index in [0.29, 0.717) is 44.0 Å². The van der Waals surface area contributed by atoms with Crippen LogP contribution in [0.4, 0.5) is 20.6 Å². The van der Waals surface area contributed by atoms with Gasteiger partial charge in [-0.1, -0.05) is 18.2 Å². The van der Waals surface area contributed by atoms with Gasteiger partial charge >= 0.3 is 12.0 Å². The highest BCUT2D eigenvalue weighted by Crippen LogP contribution is 2.23. The molecule has 1 fully saturated rings. The summed E-state index contributed by atoms with van der Waals surface area (Å²) in [5.74, 6) is -0.743. The summed E-state index contributed by atoms with van der Waals surface area (Å²) < 4.78 is 18.4. The quantitative estimate of drug-likeness (QED) is 0.838. The van der Waals surface area contributed by atoms with Gasteiger partial charge in [0.1, 0.15) is 5.82 Å². The third kappa shape index (κ3) is 4.55. The van der Waals surface area contributed by atoms with Crippen LogP contribution in [0.3, 0.4) is 0 Å². The van der Waals surface area contributed by atoms with E-state index in [2.05, 4.69) is 10.2 Å². The molecule has 1 N–H and O–H groups in total. The second-order valence-corrected chi connectivity index (χ2v) is 6.15. The smallest absolute Gasteiger partial charge is 0.340 e. The lowest BCUT2D eigenvalue weighted by Crippen LogP contribution is -2.50. The van der Waals surface area contributed by atoms with Crippen LogP contribution in [0.1, 0.15) is 17.3 Å². The van der Waals surface area contributed by atoms with Crippen LogP contribution in [0.2, 0.25) is 0 Å². The molecule has 0 spiro atoms. The zero-order chi connectivity index (χ0) is 19.2. The number of anilines is 2. The fourth-order valence-electron chi connectivity index (χ4n) is 3.05. The van der Waals surface area contributed by atoms with Crippen molar-refractivity contribution in [1.82, 2.24) is 4.90 Å². The summed E-state index contributed by atoms with van der Waals surface area (Å²) in [6.07, 6.45) is 0. The Bertz CT molecular complexity index is 820.